The molecule has 0 spiro atoms. The van der Waals surface area contributed by atoms with E-state index in [1.54, 1.807) is 12.1 Å². The minimum Gasteiger partial charge on any atom is -0.330 e. The van der Waals surface area contributed by atoms with E-state index in [1.165, 1.54) is 11.3 Å². The zero-order valence-corrected chi connectivity index (χ0v) is 9.44. The Kier molecular flexibility index (Phi) is 3.00. The number of carbonyl (C=O) groups excluding carboxylic acids is 1. The van der Waals surface area contributed by atoms with E-state index < -0.39 is 0 Å². The van der Waals surface area contributed by atoms with Crippen molar-refractivity contribution in [3.63, 3.8) is 0 Å². The monoisotopic (exact) mass is 240 g/mol. The molecule has 0 bridgehead atoms. The van der Waals surface area contributed by atoms with Gasteiger partial charge in [-0.1, -0.05) is 11.6 Å². The molecule has 2 N–H and O–H groups in total. The van der Waals surface area contributed by atoms with Gasteiger partial charge in [0.25, 0.3) is 0 Å². The van der Waals surface area contributed by atoms with Crippen molar-refractivity contribution in [2.24, 2.45) is 5.73 Å². The van der Waals surface area contributed by atoms with Gasteiger partial charge in [0, 0.05) is 6.42 Å². The minimum absolute atomic E-state index is 0.0663. The van der Waals surface area contributed by atoms with Crippen molar-refractivity contribution < 1.29 is 4.79 Å². The molecule has 15 heavy (non-hydrogen) atoms. The highest BCUT2D eigenvalue weighted by molar-refractivity contribution is 7.20. The molecule has 0 aliphatic carbocycles. The molecule has 5 heteroatoms. The van der Waals surface area contributed by atoms with Gasteiger partial charge in [0.15, 0.2) is 5.78 Å². The second-order valence-corrected chi connectivity index (χ2v) is 4.56. The Hall–Kier alpha value is -0.970. The molecule has 0 saturated heterocycles. The number of hydrogen-bond acceptors (Lipinski definition) is 4. The molecule has 0 atom stereocenters. The fourth-order valence-electron chi connectivity index (χ4n) is 1.29. The van der Waals surface area contributed by atoms with Gasteiger partial charge in [-0.05, 0) is 24.7 Å². The Morgan fingerprint density at radius 3 is 3.07 bits per heavy atom. The van der Waals surface area contributed by atoms with Gasteiger partial charge >= 0.3 is 0 Å². The van der Waals surface area contributed by atoms with E-state index in [4.69, 9.17) is 17.3 Å². The average molecular weight is 241 g/mol. The van der Waals surface area contributed by atoms with E-state index in [-0.39, 0.29) is 5.78 Å². The highest BCUT2D eigenvalue weighted by atomic mass is 35.5. The smallest absolute Gasteiger partial charge is 0.174 e. The van der Waals surface area contributed by atoms with Gasteiger partial charge in [0.1, 0.15) is 5.15 Å². The van der Waals surface area contributed by atoms with Crippen molar-refractivity contribution in [2.45, 2.75) is 6.42 Å². The van der Waals surface area contributed by atoms with E-state index in [9.17, 15) is 4.79 Å². The predicted molar refractivity (Wildman–Crippen MR) is 62.6 cm³/mol. The summed E-state index contributed by atoms with van der Waals surface area (Å²) in [5, 5.41) is 0.443. The van der Waals surface area contributed by atoms with Crippen LogP contribution in [0.3, 0.4) is 0 Å². The molecule has 0 saturated carbocycles. The first-order valence-electron chi connectivity index (χ1n) is 4.50. The van der Waals surface area contributed by atoms with Crippen LogP contribution in [0.4, 0.5) is 0 Å². The number of aromatic nitrogens is 1. The molecule has 2 aromatic rings. The number of hydrogen-bond donors (Lipinski definition) is 1. The van der Waals surface area contributed by atoms with Crippen LogP contribution in [0.15, 0.2) is 18.2 Å². The lowest BCUT2D eigenvalue weighted by Crippen LogP contribution is -2.06. The van der Waals surface area contributed by atoms with Gasteiger partial charge in [-0.3, -0.25) is 4.79 Å². The van der Waals surface area contributed by atoms with Crippen LogP contribution >= 0.6 is 22.9 Å². The number of rotatable bonds is 3. The second kappa shape index (κ2) is 4.26. The van der Waals surface area contributed by atoms with Crippen LogP contribution in [-0.4, -0.2) is 17.3 Å². The molecule has 0 fully saturated rings. The standard InChI is InChI=1S/C10H9ClN2OS/c11-10-2-1-8-6(13-10)5-9(15-8)7(14)3-4-12/h1-2,5H,3-4,12H2. The fourth-order valence-corrected chi connectivity index (χ4v) is 2.41. The first kappa shape index (κ1) is 10.5. The highest BCUT2D eigenvalue weighted by Gasteiger charge is 2.10. The summed E-state index contributed by atoms with van der Waals surface area (Å²) in [5.74, 6) is 0.0663. The van der Waals surface area contributed by atoms with Crippen molar-refractivity contribution in [2.75, 3.05) is 6.54 Å². The van der Waals surface area contributed by atoms with Crippen LogP contribution in [0.1, 0.15) is 16.1 Å². The van der Waals surface area contributed by atoms with Gasteiger partial charge in [-0.25, -0.2) is 4.98 Å². The Labute approximate surface area is 95.9 Å². The largest absolute Gasteiger partial charge is 0.330 e. The summed E-state index contributed by atoms with van der Waals surface area (Å²) >= 11 is 7.19. The number of ketones is 1. The molecule has 2 aromatic heterocycles. The lowest BCUT2D eigenvalue weighted by molar-refractivity contribution is 0.0989. The maximum atomic E-state index is 11.6. The van der Waals surface area contributed by atoms with Crippen molar-refractivity contribution in [1.29, 1.82) is 0 Å². The van der Waals surface area contributed by atoms with Crippen LogP contribution in [0.25, 0.3) is 10.2 Å². The number of nitrogens with two attached hydrogens (primary N) is 1. The van der Waals surface area contributed by atoms with E-state index >= 15 is 0 Å². The van der Waals surface area contributed by atoms with Gasteiger partial charge < -0.3 is 5.73 Å². The van der Waals surface area contributed by atoms with Crippen LogP contribution < -0.4 is 5.73 Å². The predicted octanol–water partition coefficient (Wildman–Crippen LogP) is 2.48. The molecule has 2 heterocycles. The van der Waals surface area contributed by atoms with Crippen molar-refractivity contribution >= 4 is 38.9 Å². The van der Waals surface area contributed by atoms with Gasteiger partial charge in [0.2, 0.25) is 0 Å². The number of pyridine rings is 1. The molecular formula is C10H9ClN2OS. The van der Waals surface area contributed by atoms with E-state index in [0.29, 0.717) is 23.0 Å². The topological polar surface area (TPSA) is 56.0 Å². The summed E-state index contributed by atoms with van der Waals surface area (Å²) in [6.45, 7) is 0.376. The first-order chi connectivity index (χ1) is 7.20. The van der Waals surface area contributed by atoms with Gasteiger partial charge in [-0.2, -0.15) is 0 Å². The fraction of sp³-hybridized carbons (Fsp3) is 0.200. The Bertz CT molecular complexity index is 509. The number of halogens is 1. The highest BCUT2D eigenvalue weighted by Crippen LogP contribution is 2.26. The molecule has 0 aliphatic heterocycles. The number of fused-ring (bicyclic) bond motifs is 1. The van der Waals surface area contributed by atoms with Crippen molar-refractivity contribution in [3.8, 4) is 0 Å². The van der Waals surface area contributed by atoms with Crippen molar-refractivity contribution in [1.82, 2.24) is 4.98 Å². The third kappa shape index (κ3) is 2.17. The molecule has 0 amide bonds. The van der Waals surface area contributed by atoms with Crippen LogP contribution in [0.2, 0.25) is 5.15 Å². The molecule has 2 rings (SSSR count). The van der Waals surface area contributed by atoms with Gasteiger partial charge in [0.05, 0.1) is 15.1 Å². The number of carbonyl (C=O) groups is 1. The minimum atomic E-state index is 0.0663. The number of thiophene rings is 1. The van der Waals surface area contributed by atoms with Crippen LogP contribution in [-0.2, 0) is 0 Å². The maximum Gasteiger partial charge on any atom is 0.174 e. The first-order valence-corrected chi connectivity index (χ1v) is 5.69. The van der Waals surface area contributed by atoms with E-state index in [2.05, 4.69) is 4.98 Å². The number of Topliss-reactive ketones (excluding diaryl/α,β-unsaturated/α-hetero) is 1. The Morgan fingerprint density at radius 1 is 1.53 bits per heavy atom. The molecule has 0 unspecified atom stereocenters. The third-order valence-electron chi connectivity index (χ3n) is 1.99. The maximum absolute atomic E-state index is 11.6. The summed E-state index contributed by atoms with van der Waals surface area (Å²) in [7, 11) is 0. The summed E-state index contributed by atoms with van der Waals surface area (Å²) in [5.41, 5.74) is 6.10. The third-order valence-corrected chi connectivity index (χ3v) is 3.33. The SMILES string of the molecule is NCCC(=O)c1cc2nc(Cl)ccc2s1. The van der Waals surface area contributed by atoms with Crippen LogP contribution in [0, 0.1) is 0 Å². The zero-order chi connectivity index (χ0) is 10.8. The van der Waals surface area contributed by atoms with Crippen molar-refractivity contribution in [3.05, 3.63) is 28.2 Å². The van der Waals surface area contributed by atoms with Gasteiger partial charge in [-0.15, -0.1) is 11.3 Å². The quantitative estimate of drug-likeness (QED) is 0.662. The summed E-state index contributed by atoms with van der Waals surface area (Å²) < 4.78 is 0.972. The second-order valence-electron chi connectivity index (χ2n) is 3.09. The lowest BCUT2D eigenvalue weighted by Gasteiger charge is -1.91. The summed E-state index contributed by atoms with van der Waals surface area (Å²) in [4.78, 5) is 16.4. The molecule has 3 nitrogen and oxygen atoms in total. The molecule has 0 radical (unpaired) electrons. The van der Waals surface area contributed by atoms with Crippen LogP contribution in [0.5, 0.6) is 0 Å². The van der Waals surface area contributed by atoms with E-state index in [0.717, 1.165) is 10.2 Å². The number of nitrogens with zero attached hydrogens (tertiary/aromatic N) is 1. The zero-order valence-electron chi connectivity index (χ0n) is 7.87. The molecule has 0 aromatic carbocycles. The molecule has 0 aliphatic rings. The summed E-state index contributed by atoms with van der Waals surface area (Å²) in [6.07, 6.45) is 0.376. The normalized spacial score (nSPS) is 10.8. The molecule has 78 valence electrons. The summed E-state index contributed by atoms with van der Waals surface area (Å²) in [6, 6.07) is 5.36. The Balaban J connectivity index is 2.42. The van der Waals surface area contributed by atoms with E-state index in [1.807, 2.05) is 6.07 Å². The Morgan fingerprint density at radius 2 is 2.33 bits per heavy atom. The molecular weight excluding hydrogens is 232 g/mol. The average Bonchev–Trinajstić information content (AvgIpc) is 2.60. The lowest BCUT2D eigenvalue weighted by atomic mass is 10.2.